The van der Waals surface area contributed by atoms with Crippen LogP contribution in [-0.4, -0.2) is 24.5 Å². The van der Waals surface area contributed by atoms with Crippen LogP contribution in [0.15, 0.2) is 48.9 Å². The van der Waals surface area contributed by atoms with Crippen molar-refractivity contribution in [1.82, 2.24) is 24.5 Å². The Labute approximate surface area is 197 Å². The van der Waals surface area contributed by atoms with E-state index in [9.17, 15) is 5.26 Å². The van der Waals surface area contributed by atoms with Gasteiger partial charge in [-0.3, -0.25) is 4.98 Å². The van der Waals surface area contributed by atoms with Gasteiger partial charge >= 0.3 is 0 Å². The molecule has 0 atom stereocenters. The van der Waals surface area contributed by atoms with Gasteiger partial charge in [-0.05, 0) is 42.9 Å². The predicted octanol–water partition coefficient (Wildman–Crippen LogP) is 5.98. The maximum absolute atomic E-state index is 9.61. The van der Waals surface area contributed by atoms with E-state index >= 15 is 0 Å². The molecule has 5 rings (SSSR count). The molecule has 33 heavy (non-hydrogen) atoms. The van der Waals surface area contributed by atoms with Crippen LogP contribution >= 0.6 is 11.6 Å². The lowest BCUT2D eigenvalue weighted by atomic mass is 9.83. The number of hydrogen-bond acceptors (Lipinski definition) is 6. The number of halogens is 1. The molecule has 1 N–H and O–H groups in total. The highest BCUT2D eigenvalue weighted by molar-refractivity contribution is 6.30. The highest BCUT2D eigenvalue weighted by Gasteiger charge is 2.24. The third-order valence-electron chi connectivity index (χ3n) is 6.30. The van der Waals surface area contributed by atoms with Gasteiger partial charge in [0.15, 0.2) is 0 Å². The minimum atomic E-state index is 0.304. The van der Waals surface area contributed by atoms with E-state index in [2.05, 4.69) is 37.8 Å². The summed E-state index contributed by atoms with van der Waals surface area (Å²) in [4.78, 5) is 18.2. The SMILES string of the molecule is CC1CCC(Cn2c(Nc3ccccn3)nc3cc(C#N)nc(-c4cncc(Cl)c4)c32)CC1. The average Bonchev–Trinajstić information content (AvgIpc) is 3.17. The number of rotatable bonds is 5. The molecule has 0 radical (unpaired) electrons. The molecule has 0 aromatic carbocycles. The monoisotopic (exact) mass is 457 g/mol. The molecule has 0 bridgehead atoms. The molecule has 0 amide bonds. The Bertz CT molecular complexity index is 1320. The summed E-state index contributed by atoms with van der Waals surface area (Å²) in [5.41, 5.74) is 3.30. The van der Waals surface area contributed by atoms with Gasteiger partial charge < -0.3 is 9.88 Å². The molecular formula is C25H24ClN7. The van der Waals surface area contributed by atoms with Gasteiger partial charge in [0.2, 0.25) is 5.95 Å². The van der Waals surface area contributed by atoms with Crippen molar-refractivity contribution in [2.75, 3.05) is 5.32 Å². The van der Waals surface area contributed by atoms with Gasteiger partial charge in [-0.1, -0.05) is 37.4 Å². The zero-order valence-corrected chi connectivity index (χ0v) is 19.1. The van der Waals surface area contributed by atoms with Crippen molar-refractivity contribution in [2.45, 2.75) is 39.2 Å². The van der Waals surface area contributed by atoms with Gasteiger partial charge in [-0.15, -0.1) is 0 Å². The van der Waals surface area contributed by atoms with Crippen LogP contribution in [0.3, 0.4) is 0 Å². The van der Waals surface area contributed by atoms with E-state index < -0.39 is 0 Å². The molecule has 4 aromatic heterocycles. The largest absolute Gasteiger partial charge is 0.310 e. The zero-order chi connectivity index (χ0) is 22.8. The number of imidazole rings is 1. The Hall–Kier alpha value is -3.50. The molecular weight excluding hydrogens is 434 g/mol. The third kappa shape index (κ3) is 4.53. The Kier molecular flexibility index (Phi) is 5.93. The molecule has 0 saturated heterocycles. The molecule has 0 spiro atoms. The molecule has 1 aliphatic rings. The molecule has 0 aliphatic heterocycles. The molecule has 1 fully saturated rings. The maximum atomic E-state index is 9.61. The van der Waals surface area contributed by atoms with E-state index in [1.54, 1.807) is 24.7 Å². The molecule has 8 heteroatoms. The lowest BCUT2D eigenvalue weighted by molar-refractivity contribution is 0.267. The summed E-state index contributed by atoms with van der Waals surface area (Å²) in [6.45, 7) is 3.14. The van der Waals surface area contributed by atoms with Crippen LogP contribution in [0.4, 0.5) is 11.8 Å². The summed E-state index contributed by atoms with van der Waals surface area (Å²) >= 11 is 6.24. The molecule has 4 heterocycles. The first kappa shape index (κ1) is 21.4. The van der Waals surface area contributed by atoms with Crippen molar-refractivity contribution in [2.24, 2.45) is 11.8 Å². The van der Waals surface area contributed by atoms with Crippen LogP contribution in [-0.2, 0) is 6.54 Å². The van der Waals surface area contributed by atoms with E-state index in [1.165, 1.54) is 25.7 Å². The second-order valence-electron chi connectivity index (χ2n) is 8.74. The van der Waals surface area contributed by atoms with Gasteiger partial charge in [0.05, 0.1) is 21.7 Å². The van der Waals surface area contributed by atoms with Crippen molar-refractivity contribution < 1.29 is 0 Å². The van der Waals surface area contributed by atoms with Gasteiger partial charge in [-0.2, -0.15) is 5.26 Å². The first-order chi connectivity index (χ1) is 16.1. The fraction of sp³-hybridized carbons (Fsp3) is 0.320. The maximum Gasteiger partial charge on any atom is 0.209 e. The Morgan fingerprint density at radius 3 is 2.73 bits per heavy atom. The second-order valence-corrected chi connectivity index (χ2v) is 9.18. The minimum absolute atomic E-state index is 0.304. The van der Waals surface area contributed by atoms with Crippen molar-refractivity contribution in [3.63, 3.8) is 0 Å². The van der Waals surface area contributed by atoms with E-state index in [0.717, 1.165) is 23.5 Å². The third-order valence-corrected chi connectivity index (χ3v) is 6.51. The van der Waals surface area contributed by atoms with Gasteiger partial charge in [0.25, 0.3) is 0 Å². The van der Waals surface area contributed by atoms with Crippen molar-refractivity contribution in [1.29, 1.82) is 5.26 Å². The number of aromatic nitrogens is 5. The number of anilines is 2. The number of nitrogens with one attached hydrogen (secondary N) is 1. The normalized spacial score (nSPS) is 18.2. The van der Waals surface area contributed by atoms with Gasteiger partial charge in [-0.25, -0.2) is 15.0 Å². The number of nitrogens with zero attached hydrogens (tertiary/aromatic N) is 6. The second kappa shape index (κ2) is 9.16. The van der Waals surface area contributed by atoms with Crippen LogP contribution in [0.25, 0.3) is 22.3 Å². The van der Waals surface area contributed by atoms with Gasteiger partial charge in [0.1, 0.15) is 17.6 Å². The highest BCUT2D eigenvalue weighted by Crippen LogP contribution is 2.35. The molecule has 4 aromatic rings. The lowest BCUT2D eigenvalue weighted by Gasteiger charge is -2.27. The standard InChI is InChI=1S/C25H24ClN7/c1-16-5-7-17(8-6-16)15-33-24-21(31-25(33)32-22-4-2-3-9-29-22)11-20(12-27)30-23(24)18-10-19(26)14-28-13-18/h2-4,9-11,13-14,16-17H,5-8,15H2,1H3,(H,29,31,32). The van der Waals surface area contributed by atoms with Crippen molar-refractivity contribution in [3.05, 3.63) is 59.6 Å². The topological polar surface area (TPSA) is 92.3 Å². The summed E-state index contributed by atoms with van der Waals surface area (Å²) in [5, 5.41) is 13.5. The van der Waals surface area contributed by atoms with Crippen LogP contribution in [0, 0.1) is 23.2 Å². The summed E-state index contributed by atoms with van der Waals surface area (Å²) in [5.74, 6) is 2.73. The average molecular weight is 458 g/mol. The molecule has 7 nitrogen and oxygen atoms in total. The Balaban J connectivity index is 1.68. The smallest absolute Gasteiger partial charge is 0.209 e. The molecule has 1 aliphatic carbocycles. The first-order valence-corrected chi connectivity index (χ1v) is 11.6. The first-order valence-electron chi connectivity index (χ1n) is 11.2. The van der Waals surface area contributed by atoms with Crippen molar-refractivity contribution in [3.8, 4) is 17.3 Å². The molecule has 166 valence electrons. The van der Waals surface area contributed by atoms with E-state index in [-0.39, 0.29) is 0 Å². The highest BCUT2D eigenvalue weighted by atomic mass is 35.5. The van der Waals surface area contributed by atoms with Crippen LogP contribution in [0.2, 0.25) is 5.02 Å². The van der Waals surface area contributed by atoms with Crippen LogP contribution < -0.4 is 5.32 Å². The number of fused-ring (bicyclic) bond motifs is 1. The van der Waals surface area contributed by atoms with Crippen molar-refractivity contribution >= 4 is 34.4 Å². The lowest BCUT2D eigenvalue weighted by Crippen LogP contribution is -2.19. The van der Waals surface area contributed by atoms with Crippen LogP contribution in [0.5, 0.6) is 0 Å². The minimum Gasteiger partial charge on any atom is -0.310 e. The summed E-state index contributed by atoms with van der Waals surface area (Å²) in [7, 11) is 0. The van der Waals surface area contributed by atoms with E-state index in [4.69, 9.17) is 16.6 Å². The quantitative estimate of drug-likeness (QED) is 0.396. The Morgan fingerprint density at radius 1 is 1.15 bits per heavy atom. The zero-order valence-electron chi connectivity index (χ0n) is 18.4. The Morgan fingerprint density at radius 2 is 2.00 bits per heavy atom. The molecule has 1 saturated carbocycles. The number of hydrogen-bond donors (Lipinski definition) is 1. The number of pyridine rings is 3. The predicted molar refractivity (Wildman–Crippen MR) is 129 cm³/mol. The fourth-order valence-electron chi connectivity index (χ4n) is 4.55. The molecule has 0 unspecified atom stereocenters. The van der Waals surface area contributed by atoms with E-state index in [1.807, 2.05) is 24.3 Å². The van der Waals surface area contributed by atoms with Gasteiger partial charge in [0, 0.05) is 36.8 Å². The summed E-state index contributed by atoms with van der Waals surface area (Å²) in [6.07, 6.45) is 9.90. The van der Waals surface area contributed by atoms with Crippen LogP contribution in [0.1, 0.15) is 38.3 Å². The summed E-state index contributed by atoms with van der Waals surface area (Å²) in [6, 6.07) is 11.4. The fourth-order valence-corrected chi connectivity index (χ4v) is 4.72. The van der Waals surface area contributed by atoms with E-state index in [0.29, 0.717) is 39.6 Å². The number of nitriles is 1. The summed E-state index contributed by atoms with van der Waals surface area (Å²) < 4.78 is 2.19.